The first-order chi connectivity index (χ1) is 9.19. The monoisotopic (exact) mass is 280 g/mol. The van der Waals surface area contributed by atoms with Crippen molar-refractivity contribution >= 4 is 17.3 Å². The van der Waals surface area contributed by atoms with Crippen LogP contribution in [0, 0.1) is 5.82 Å². The van der Waals surface area contributed by atoms with Crippen LogP contribution in [0.25, 0.3) is 0 Å². The molecule has 1 aromatic carbocycles. The number of anilines is 1. The molecular formula is C14H14ClFN2O. The van der Waals surface area contributed by atoms with Crippen LogP contribution in [0.1, 0.15) is 12.5 Å². The van der Waals surface area contributed by atoms with Crippen LogP contribution in [0.4, 0.5) is 10.1 Å². The fraction of sp³-hybridized carbons (Fsp3) is 0.214. The van der Waals surface area contributed by atoms with Crippen molar-refractivity contribution in [2.75, 3.05) is 11.9 Å². The Morgan fingerprint density at radius 3 is 2.84 bits per heavy atom. The number of nitrogens with one attached hydrogen (secondary N) is 1. The summed E-state index contributed by atoms with van der Waals surface area (Å²) in [5.74, 6) is 0.290. The van der Waals surface area contributed by atoms with E-state index in [0.717, 1.165) is 5.69 Å². The van der Waals surface area contributed by atoms with Gasteiger partial charge in [-0.2, -0.15) is 0 Å². The highest BCUT2D eigenvalue weighted by molar-refractivity contribution is 6.30. The molecule has 0 amide bonds. The van der Waals surface area contributed by atoms with Crippen molar-refractivity contribution in [2.45, 2.75) is 13.5 Å². The minimum atomic E-state index is -0.282. The van der Waals surface area contributed by atoms with E-state index in [9.17, 15) is 4.39 Å². The minimum absolute atomic E-state index is 0.282. The molecule has 0 saturated heterocycles. The van der Waals surface area contributed by atoms with Gasteiger partial charge in [0.2, 0.25) is 5.88 Å². The molecule has 2 aromatic rings. The average Bonchev–Trinajstić information content (AvgIpc) is 2.42. The molecule has 0 atom stereocenters. The van der Waals surface area contributed by atoms with E-state index >= 15 is 0 Å². The van der Waals surface area contributed by atoms with Crippen LogP contribution >= 0.6 is 11.6 Å². The van der Waals surface area contributed by atoms with Gasteiger partial charge in [-0.05, 0) is 31.2 Å². The van der Waals surface area contributed by atoms with E-state index in [0.29, 0.717) is 29.6 Å². The summed E-state index contributed by atoms with van der Waals surface area (Å²) in [6, 6.07) is 8.08. The number of ether oxygens (including phenoxy) is 1. The molecule has 5 heteroatoms. The third kappa shape index (κ3) is 3.83. The largest absolute Gasteiger partial charge is 0.478 e. The summed E-state index contributed by atoms with van der Waals surface area (Å²) in [5.41, 5.74) is 1.31. The predicted molar refractivity (Wildman–Crippen MR) is 74.1 cm³/mol. The number of nitrogens with zero attached hydrogens (tertiary/aromatic N) is 1. The Morgan fingerprint density at radius 1 is 1.32 bits per heavy atom. The summed E-state index contributed by atoms with van der Waals surface area (Å²) in [6.07, 6.45) is 1.65. The topological polar surface area (TPSA) is 34.1 Å². The van der Waals surface area contributed by atoms with Crippen LogP contribution < -0.4 is 10.1 Å². The maximum absolute atomic E-state index is 13.5. The molecule has 19 heavy (non-hydrogen) atoms. The fourth-order valence-corrected chi connectivity index (χ4v) is 1.79. The lowest BCUT2D eigenvalue weighted by Crippen LogP contribution is -2.02. The second kappa shape index (κ2) is 6.38. The van der Waals surface area contributed by atoms with Crippen LogP contribution in [-0.4, -0.2) is 11.6 Å². The molecule has 1 heterocycles. The van der Waals surface area contributed by atoms with Gasteiger partial charge in [0.05, 0.1) is 18.5 Å². The Kier molecular flexibility index (Phi) is 4.58. The van der Waals surface area contributed by atoms with Crippen LogP contribution in [0.2, 0.25) is 5.02 Å². The van der Waals surface area contributed by atoms with Gasteiger partial charge in [0, 0.05) is 23.2 Å². The Hall–Kier alpha value is -1.81. The van der Waals surface area contributed by atoms with Crippen LogP contribution in [0.15, 0.2) is 36.5 Å². The zero-order chi connectivity index (χ0) is 13.7. The number of aromatic nitrogens is 1. The van der Waals surface area contributed by atoms with Gasteiger partial charge in [-0.15, -0.1) is 0 Å². The van der Waals surface area contributed by atoms with Crippen molar-refractivity contribution in [3.05, 3.63) is 52.9 Å². The summed E-state index contributed by atoms with van der Waals surface area (Å²) >= 11 is 5.83. The number of pyridine rings is 1. The number of benzene rings is 1. The standard InChI is InChI=1S/C14H14ClFN2O/c1-2-19-14-6-4-12(9-18-14)17-8-10-7-11(15)3-5-13(10)16/h3-7,9,17H,2,8H2,1H3. The molecular weight excluding hydrogens is 267 g/mol. The molecule has 0 bridgehead atoms. The molecule has 0 saturated carbocycles. The molecule has 2 rings (SSSR count). The zero-order valence-corrected chi connectivity index (χ0v) is 11.2. The van der Waals surface area contributed by atoms with Crippen molar-refractivity contribution < 1.29 is 9.13 Å². The zero-order valence-electron chi connectivity index (χ0n) is 10.5. The van der Waals surface area contributed by atoms with E-state index in [4.69, 9.17) is 16.3 Å². The number of halogens is 2. The van der Waals surface area contributed by atoms with Gasteiger partial charge in [-0.1, -0.05) is 11.6 Å². The number of hydrogen-bond donors (Lipinski definition) is 1. The summed E-state index contributed by atoms with van der Waals surface area (Å²) in [7, 11) is 0. The van der Waals surface area contributed by atoms with Crippen molar-refractivity contribution in [3.8, 4) is 5.88 Å². The summed E-state index contributed by atoms with van der Waals surface area (Å²) in [6.45, 7) is 2.82. The Labute approximate surface area is 116 Å². The van der Waals surface area contributed by atoms with Crippen molar-refractivity contribution in [1.82, 2.24) is 4.98 Å². The molecule has 0 unspecified atom stereocenters. The van der Waals surface area contributed by atoms with Crippen molar-refractivity contribution in [2.24, 2.45) is 0 Å². The van der Waals surface area contributed by atoms with Gasteiger partial charge in [-0.3, -0.25) is 0 Å². The molecule has 0 aliphatic heterocycles. The lowest BCUT2D eigenvalue weighted by Gasteiger charge is -2.08. The first-order valence-electron chi connectivity index (χ1n) is 5.95. The molecule has 0 aliphatic carbocycles. The molecule has 0 aliphatic rings. The Morgan fingerprint density at radius 2 is 2.16 bits per heavy atom. The lowest BCUT2D eigenvalue weighted by atomic mass is 10.2. The van der Waals surface area contributed by atoms with E-state index in [2.05, 4.69) is 10.3 Å². The van der Waals surface area contributed by atoms with Gasteiger partial charge in [0.15, 0.2) is 0 Å². The van der Waals surface area contributed by atoms with E-state index in [1.54, 1.807) is 18.3 Å². The SMILES string of the molecule is CCOc1ccc(NCc2cc(Cl)ccc2F)cn1. The highest BCUT2D eigenvalue weighted by Gasteiger charge is 2.03. The first-order valence-corrected chi connectivity index (χ1v) is 6.33. The molecule has 3 nitrogen and oxygen atoms in total. The Balaban J connectivity index is 2.00. The predicted octanol–water partition coefficient (Wildman–Crippen LogP) is 3.88. The van der Waals surface area contributed by atoms with Gasteiger partial charge in [-0.25, -0.2) is 9.37 Å². The second-order valence-corrected chi connectivity index (χ2v) is 4.34. The molecule has 1 N–H and O–H groups in total. The molecule has 100 valence electrons. The van der Waals surface area contributed by atoms with E-state index < -0.39 is 0 Å². The number of hydrogen-bond acceptors (Lipinski definition) is 3. The number of rotatable bonds is 5. The Bertz CT molecular complexity index is 546. The molecule has 0 fully saturated rings. The van der Waals surface area contributed by atoms with Gasteiger partial charge in [0.1, 0.15) is 5.82 Å². The van der Waals surface area contributed by atoms with E-state index in [1.807, 2.05) is 13.0 Å². The normalized spacial score (nSPS) is 10.3. The average molecular weight is 281 g/mol. The van der Waals surface area contributed by atoms with Gasteiger partial charge >= 0.3 is 0 Å². The van der Waals surface area contributed by atoms with Crippen LogP contribution in [-0.2, 0) is 6.54 Å². The summed E-state index contributed by atoms with van der Waals surface area (Å²) in [4.78, 5) is 4.12. The fourth-order valence-electron chi connectivity index (χ4n) is 1.59. The quantitative estimate of drug-likeness (QED) is 0.902. The highest BCUT2D eigenvalue weighted by Crippen LogP contribution is 2.17. The molecule has 1 aromatic heterocycles. The van der Waals surface area contributed by atoms with E-state index in [1.165, 1.54) is 12.1 Å². The van der Waals surface area contributed by atoms with Crippen LogP contribution in [0.3, 0.4) is 0 Å². The van der Waals surface area contributed by atoms with Gasteiger partial charge in [0.25, 0.3) is 0 Å². The second-order valence-electron chi connectivity index (χ2n) is 3.91. The third-order valence-electron chi connectivity index (χ3n) is 2.52. The maximum Gasteiger partial charge on any atom is 0.213 e. The maximum atomic E-state index is 13.5. The smallest absolute Gasteiger partial charge is 0.213 e. The van der Waals surface area contributed by atoms with E-state index in [-0.39, 0.29) is 5.82 Å². The molecule has 0 spiro atoms. The lowest BCUT2D eigenvalue weighted by molar-refractivity contribution is 0.327. The first kappa shape index (κ1) is 13.6. The highest BCUT2D eigenvalue weighted by atomic mass is 35.5. The molecule has 0 radical (unpaired) electrons. The van der Waals surface area contributed by atoms with Gasteiger partial charge < -0.3 is 10.1 Å². The van der Waals surface area contributed by atoms with Crippen molar-refractivity contribution in [3.63, 3.8) is 0 Å². The minimum Gasteiger partial charge on any atom is -0.478 e. The third-order valence-corrected chi connectivity index (χ3v) is 2.75. The summed E-state index contributed by atoms with van der Waals surface area (Å²) in [5, 5.41) is 3.60. The van der Waals surface area contributed by atoms with Crippen molar-refractivity contribution in [1.29, 1.82) is 0 Å². The van der Waals surface area contributed by atoms with Crippen LogP contribution in [0.5, 0.6) is 5.88 Å². The summed E-state index contributed by atoms with van der Waals surface area (Å²) < 4.78 is 18.7.